The molecule has 1 aromatic carbocycles. The molecule has 0 amide bonds. The number of rotatable bonds is 1. The van der Waals surface area contributed by atoms with Gasteiger partial charge in [-0.3, -0.25) is 0 Å². The van der Waals surface area contributed by atoms with Crippen molar-refractivity contribution in [1.82, 2.24) is 4.98 Å². The number of aromatic nitrogens is 1. The van der Waals surface area contributed by atoms with Crippen molar-refractivity contribution < 1.29 is 4.39 Å². The minimum absolute atomic E-state index is 0.166. The number of halogens is 1. The number of nitrogens with zero attached hydrogens (tertiary/aromatic N) is 1. The summed E-state index contributed by atoms with van der Waals surface area (Å²) in [6.07, 6.45) is 0. The van der Waals surface area contributed by atoms with Crippen LogP contribution in [0.25, 0.3) is 11.3 Å². The zero-order valence-electron chi connectivity index (χ0n) is 8.04. The number of benzene rings is 1. The molecular weight excluding hydrogens is 197 g/mol. The molecule has 0 radical (unpaired) electrons. The van der Waals surface area contributed by atoms with Crippen molar-refractivity contribution in [3.05, 3.63) is 40.0 Å². The van der Waals surface area contributed by atoms with Crippen molar-refractivity contribution in [3.8, 4) is 11.3 Å². The van der Waals surface area contributed by atoms with Crippen molar-refractivity contribution >= 4 is 11.3 Å². The van der Waals surface area contributed by atoms with Gasteiger partial charge in [0.15, 0.2) is 0 Å². The second kappa shape index (κ2) is 3.50. The first-order valence-corrected chi connectivity index (χ1v) is 5.23. The zero-order chi connectivity index (χ0) is 10.1. The number of hydrogen-bond acceptors (Lipinski definition) is 2. The van der Waals surface area contributed by atoms with E-state index in [-0.39, 0.29) is 5.82 Å². The molecule has 1 aromatic heterocycles. The predicted molar refractivity (Wildman–Crippen MR) is 57.0 cm³/mol. The summed E-state index contributed by atoms with van der Waals surface area (Å²) in [6, 6.07) is 5.07. The number of thiazole rings is 1. The predicted octanol–water partition coefficient (Wildman–Crippen LogP) is 3.57. The molecule has 0 bridgehead atoms. The topological polar surface area (TPSA) is 12.9 Å². The summed E-state index contributed by atoms with van der Waals surface area (Å²) >= 11 is 1.60. The van der Waals surface area contributed by atoms with Crippen LogP contribution in [-0.4, -0.2) is 4.98 Å². The average Bonchev–Trinajstić information content (AvgIpc) is 2.57. The molecule has 3 heteroatoms. The van der Waals surface area contributed by atoms with Gasteiger partial charge in [-0.05, 0) is 37.6 Å². The fourth-order valence-electron chi connectivity index (χ4n) is 1.30. The first-order chi connectivity index (χ1) is 6.66. The minimum Gasteiger partial charge on any atom is -0.242 e. The fraction of sp³-hybridized carbons (Fsp3) is 0.182. The van der Waals surface area contributed by atoms with Gasteiger partial charge in [-0.1, -0.05) is 0 Å². The lowest BCUT2D eigenvalue weighted by Gasteiger charge is -1.99. The molecule has 0 saturated carbocycles. The Morgan fingerprint density at radius 1 is 1.29 bits per heavy atom. The molecule has 1 nitrogen and oxygen atoms in total. The Labute approximate surface area is 86.2 Å². The van der Waals surface area contributed by atoms with E-state index >= 15 is 0 Å². The first kappa shape index (κ1) is 9.34. The van der Waals surface area contributed by atoms with E-state index in [0.29, 0.717) is 5.56 Å². The van der Waals surface area contributed by atoms with Gasteiger partial charge in [0, 0.05) is 10.9 Å². The van der Waals surface area contributed by atoms with E-state index in [1.165, 1.54) is 6.07 Å². The standard InChI is InChI=1S/C11H10FNS/c1-7-5-9(3-4-10(7)12)11-6-14-8(2)13-11/h3-6H,1-2H3. The third kappa shape index (κ3) is 1.68. The molecule has 72 valence electrons. The van der Waals surface area contributed by atoms with E-state index in [0.717, 1.165) is 16.3 Å². The molecule has 1 heterocycles. The molecule has 0 unspecified atom stereocenters. The molecular formula is C11H10FNS. The molecule has 0 fully saturated rings. The van der Waals surface area contributed by atoms with Gasteiger partial charge in [0.25, 0.3) is 0 Å². The van der Waals surface area contributed by atoms with Crippen LogP contribution in [0, 0.1) is 19.7 Å². The monoisotopic (exact) mass is 207 g/mol. The van der Waals surface area contributed by atoms with Crippen LogP contribution in [0.4, 0.5) is 4.39 Å². The number of aryl methyl sites for hydroxylation is 2. The maximum Gasteiger partial charge on any atom is 0.126 e. The Bertz CT molecular complexity index is 462. The van der Waals surface area contributed by atoms with E-state index in [4.69, 9.17) is 0 Å². The SMILES string of the molecule is Cc1nc(-c2ccc(F)c(C)c2)cs1. The Morgan fingerprint density at radius 2 is 2.07 bits per heavy atom. The van der Waals surface area contributed by atoms with Gasteiger partial charge in [-0.15, -0.1) is 11.3 Å². The maximum absolute atomic E-state index is 13.0. The van der Waals surface area contributed by atoms with Crippen LogP contribution >= 0.6 is 11.3 Å². The summed E-state index contributed by atoms with van der Waals surface area (Å²) in [5, 5.41) is 3.02. The highest BCUT2D eigenvalue weighted by Crippen LogP contribution is 2.23. The Hall–Kier alpha value is -1.22. The van der Waals surface area contributed by atoms with Crippen molar-refractivity contribution in [3.63, 3.8) is 0 Å². The quantitative estimate of drug-likeness (QED) is 0.696. The van der Waals surface area contributed by atoms with Crippen molar-refractivity contribution in [1.29, 1.82) is 0 Å². The molecule has 0 spiro atoms. The zero-order valence-corrected chi connectivity index (χ0v) is 8.86. The van der Waals surface area contributed by atoms with Crippen LogP contribution in [0.2, 0.25) is 0 Å². The van der Waals surface area contributed by atoms with E-state index in [2.05, 4.69) is 4.98 Å². The third-order valence-corrected chi connectivity index (χ3v) is 2.85. The van der Waals surface area contributed by atoms with Crippen LogP contribution in [0.15, 0.2) is 23.6 Å². The number of hydrogen-bond donors (Lipinski definition) is 0. The molecule has 2 rings (SSSR count). The highest BCUT2D eigenvalue weighted by Gasteiger charge is 2.04. The summed E-state index contributed by atoms with van der Waals surface area (Å²) in [7, 11) is 0. The van der Waals surface area contributed by atoms with Gasteiger partial charge in [-0.2, -0.15) is 0 Å². The molecule has 14 heavy (non-hydrogen) atoms. The summed E-state index contributed by atoms with van der Waals surface area (Å²) in [4.78, 5) is 4.35. The average molecular weight is 207 g/mol. The first-order valence-electron chi connectivity index (χ1n) is 4.35. The summed E-state index contributed by atoms with van der Waals surface area (Å²) in [5.41, 5.74) is 2.57. The summed E-state index contributed by atoms with van der Waals surface area (Å²) < 4.78 is 13.0. The van der Waals surface area contributed by atoms with Gasteiger partial charge in [-0.25, -0.2) is 9.37 Å². The summed E-state index contributed by atoms with van der Waals surface area (Å²) in [6.45, 7) is 3.72. The largest absolute Gasteiger partial charge is 0.242 e. The van der Waals surface area contributed by atoms with Crippen LogP contribution in [-0.2, 0) is 0 Å². The lowest BCUT2D eigenvalue weighted by atomic mass is 10.1. The molecule has 0 aliphatic heterocycles. The Balaban J connectivity index is 2.47. The van der Waals surface area contributed by atoms with E-state index in [1.54, 1.807) is 24.3 Å². The second-order valence-electron chi connectivity index (χ2n) is 3.22. The van der Waals surface area contributed by atoms with Crippen LogP contribution in [0.1, 0.15) is 10.6 Å². The molecule has 0 aliphatic carbocycles. The van der Waals surface area contributed by atoms with Crippen LogP contribution in [0.5, 0.6) is 0 Å². The molecule has 0 aliphatic rings. The maximum atomic E-state index is 13.0. The van der Waals surface area contributed by atoms with Crippen molar-refractivity contribution in [2.24, 2.45) is 0 Å². The van der Waals surface area contributed by atoms with Gasteiger partial charge in [0.1, 0.15) is 5.82 Å². The minimum atomic E-state index is -0.166. The van der Waals surface area contributed by atoms with E-state index in [9.17, 15) is 4.39 Å². The van der Waals surface area contributed by atoms with Gasteiger partial charge in [0.05, 0.1) is 10.7 Å². The van der Waals surface area contributed by atoms with Crippen molar-refractivity contribution in [2.75, 3.05) is 0 Å². The van der Waals surface area contributed by atoms with Gasteiger partial charge in [0.2, 0.25) is 0 Å². The third-order valence-electron chi connectivity index (χ3n) is 2.07. The van der Waals surface area contributed by atoms with Crippen LogP contribution in [0.3, 0.4) is 0 Å². The molecule has 0 saturated heterocycles. The second-order valence-corrected chi connectivity index (χ2v) is 4.28. The van der Waals surface area contributed by atoms with Crippen molar-refractivity contribution in [2.45, 2.75) is 13.8 Å². The highest BCUT2D eigenvalue weighted by molar-refractivity contribution is 7.09. The lowest BCUT2D eigenvalue weighted by Crippen LogP contribution is -1.84. The Morgan fingerprint density at radius 3 is 2.64 bits per heavy atom. The van der Waals surface area contributed by atoms with Crippen LogP contribution < -0.4 is 0 Å². The lowest BCUT2D eigenvalue weighted by molar-refractivity contribution is 0.619. The highest BCUT2D eigenvalue weighted by atomic mass is 32.1. The van der Waals surface area contributed by atoms with E-state index in [1.807, 2.05) is 18.4 Å². The molecule has 2 aromatic rings. The Kier molecular flexibility index (Phi) is 2.33. The van der Waals surface area contributed by atoms with Gasteiger partial charge >= 0.3 is 0 Å². The molecule has 0 atom stereocenters. The van der Waals surface area contributed by atoms with Gasteiger partial charge < -0.3 is 0 Å². The normalized spacial score (nSPS) is 10.5. The fourth-order valence-corrected chi connectivity index (χ4v) is 1.92. The molecule has 0 N–H and O–H groups in total. The smallest absolute Gasteiger partial charge is 0.126 e. The van der Waals surface area contributed by atoms with E-state index < -0.39 is 0 Å². The summed E-state index contributed by atoms with van der Waals surface area (Å²) in [5.74, 6) is -0.166.